The van der Waals surface area contributed by atoms with Crippen LogP contribution < -0.4 is 10.6 Å². The molecule has 4 nitrogen and oxygen atoms in total. The predicted molar refractivity (Wildman–Crippen MR) is 124 cm³/mol. The van der Waals surface area contributed by atoms with Gasteiger partial charge in [-0.2, -0.15) is 0 Å². The van der Waals surface area contributed by atoms with Gasteiger partial charge in [0.15, 0.2) is 0 Å². The number of nitrogens with one attached hydrogen (secondary N) is 2. The highest BCUT2D eigenvalue weighted by Gasteiger charge is 2.07. The van der Waals surface area contributed by atoms with Gasteiger partial charge < -0.3 is 10.6 Å². The molecule has 0 bridgehead atoms. The van der Waals surface area contributed by atoms with Crippen molar-refractivity contribution in [2.24, 2.45) is 0 Å². The number of unbranched alkanes of at least 4 members (excludes halogenated alkanes) is 1. The molecule has 1 amide bonds. The first-order valence-electron chi connectivity index (χ1n) is 9.19. The number of para-hydroxylation sites is 2. The smallest absolute Gasteiger partial charge is 0.224 e. The van der Waals surface area contributed by atoms with E-state index in [1.807, 2.05) is 42.5 Å². The number of hydrogen-bond donors (Lipinski definition) is 2. The highest BCUT2D eigenvalue weighted by molar-refractivity contribution is 7.18. The molecule has 3 rings (SSSR count). The van der Waals surface area contributed by atoms with Crippen molar-refractivity contribution >= 4 is 58.0 Å². The van der Waals surface area contributed by atoms with Crippen LogP contribution in [0, 0.1) is 0 Å². The summed E-state index contributed by atoms with van der Waals surface area (Å²) in [7, 11) is 0. The summed E-state index contributed by atoms with van der Waals surface area (Å²) in [6.07, 6.45) is 3.33. The van der Waals surface area contributed by atoms with Crippen LogP contribution in [0.3, 0.4) is 0 Å². The molecule has 2 N–H and O–H groups in total. The number of carbonyl (C=O) groups is 1. The number of amides is 1. The molecule has 1 aromatic heterocycles. The van der Waals surface area contributed by atoms with Gasteiger partial charge in [0.05, 0.1) is 15.2 Å². The third-order valence-electron chi connectivity index (χ3n) is 4.24. The Bertz CT molecular complexity index is 836. The Balaban J connectivity index is 0.00000196. The largest absolute Gasteiger partial charge is 0.326 e. The van der Waals surface area contributed by atoms with Crippen molar-refractivity contribution in [3.05, 3.63) is 59.1 Å². The Morgan fingerprint density at radius 3 is 2.57 bits per heavy atom. The highest BCUT2D eigenvalue weighted by Crippen LogP contribution is 2.23. The van der Waals surface area contributed by atoms with E-state index in [0.717, 1.165) is 54.1 Å². The quantitative estimate of drug-likeness (QED) is 0.426. The zero-order chi connectivity index (χ0) is 18.2. The molecule has 0 saturated carbocycles. The van der Waals surface area contributed by atoms with Crippen LogP contribution in [0.15, 0.2) is 48.5 Å². The lowest BCUT2D eigenvalue weighted by Crippen LogP contribution is -2.16. The lowest BCUT2D eigenvalue weighted by atomic mass is 10.1. The number of nitrogens with zero attached hydrogens (tertiary/aromatic N) is 1. The fourth-order valence-corrected chi connectivity index (χ4v) is 3.87. The zero-order valence-corrected chi connectivity index (χ0v) is 18.4. The van der Waals surface area contributed by atoms with Gasteiger partial charge in [0.25, 0.3) is 0 Å². The average Bonchev–Trinajstić information content (AvgIpc) is 3.07. The molecule has 0 spiro atoms. The summed E-state index contributed by atoms with van der Waals surface area (Å²) in [5.41, 5.74) is 3.10. The minimum absolute atomic E-state index is 0. The summed E-state index contributed by atoms with van der Waals surface area (Å²) in [4.78, 5) is 16.9. The van der Waals surface area contributed by atoms with E-state index >= 15 is 0 Å². The molecule has 0 unspecified atom stereocenters. The van der Waals surface area contributed by atoms with Gasteiger partial charge in [-0.3, -0.25) is 4.79 Å². The van der Waals surface area contributed by atoms with Crippen molar-refractivity contribution in [3.63, 3.8) is 0 Å². The number of benzene rings is 2. The summed E-state index contributed by atoms with van der Waals surface area (Å²) < 4.78 is 1.23. The molecular weight excluding hydrogens is 413 g/mol. The van der Waals surface area contributed by atoms with Crippen molar-refractivity contribution in [1.82, 2.24) is 10.3 Å². The molecule has 0 saturated heterocycles. The lowest BCUT2D eigenvalue weighted by Gasteiger charge is -2.11. The number of aromatic nitrogens is 1. The number of carbonyl (C=O) groups excluding carboxylic acids is 1. The Kier molecular flexibility index (Phi) is 11.1. The first kappa shape index (κ1) is 24.4. The van der Waals surface area contributed by atoms with Crippen LogP contribution in [0.5, 0.6) is 0 Å². The molecule has 0 radical (unpaired) electrons. The maximum Gasteiger partial charge on any atom is 0.224 e. The molecule has 0 aliphatic carbocycles. The minimum Gasteiger partial charge on any atom is -0.326 e. The fraction of sp³-hybridized carbons (Fsp3) is 0.333. The summed E-state index contributed by atoms with van der Waals surface area (Å²) in [5.74, 6) is 0.0817. The van der Waals surface area contributed by atoms with Crippen LogP contribution in [0.4, 0.5) is 5.69 Å². The van der Waals surface area contributed by atoms with E-state index in [9.17, 15) is 4.79 Å². The first-order chi connectivity index (χ1) is 12.8. The molecule has 7 heteroatoms. The molecular formula is C21H27Cl2N3OS. The van der Waals surface area contributed by atoms with Crippen LogP contribution in [0.1, 0.15) is 36.8 Å². The van der Waals surface area contributed by atoms with Gasteiger partial charge in [-0.1, -0.05) is 37.3 Å². The first-order valence-corrected chi connectivity index (χ1v) is 10.0. The predicted octanol–water partition coefficient (Wildman–Crippen LogP) is 5.60. The maximum absolute atomic E-state index is 12.2. The number of anilines is 1. The van der Waals surface area contributed by atoms with E-state index in [1.165, 1.54) is 4.70 Å². The third-order valence-corrected chi connectivity index (χ3v) is 5.34. The van der Waals surface area contributed by atoms with E-state index in [-0.39, 0.29) is 30.7 Å². The Morgan fingerprint density at radius 2 is 1.79 bits per heavy atom. The molecule has 152 valence electrons. The van der Waals surface area contributed by atoms with Gasteiger partial charge in [-0.25, -0.2) is 4.98 Å². The number of rotatable bonds is 9. The number of aryl methyl sites for hydroxylation is 1. The molecule has 1 heterocycles. The summed E-state index contributed by atoms with van der Waals surface area (Å²) >= 11 is 1.75. The minimum atomic E-state index is 0. The van der Waals surface area contributed by atoms with Crippen LogP contribution >= 0.6 is 36.2 Å². The van der Waals surface area contributed by atoms with E-state index < -0.39 is 0 Å². The molecule has 3 aromatic rings. The summed E-state index contributed by atoms with van der Waals surface area (Å²) in [6, 6.07) is 16.2. The van der Waals surface area contributed by atoms with Crippen molar-refractivity contribution in [3.8, 4) is 0 Å². The van der Waals surface area contributed by atoms with Crippen molar-refractivity contribution in [2.75, 3.05) is 11.9 Å². The van der Waals surface area contributed by atoms with Crippen LogP contribution in [-0.2, 0) is 17.8 Å². The lowest BCUT2D eigenvalue weighted by molar-refractivity contribution is -0.116. The molecule has 0 aliphatic heterocycles. The van der Waals surface area contributed by atoms with Gasteiger partial charge in [0.1, 0.15) is 0 Å². The fourth-order valence-electron chi connectivity index (χ4n) is 2.86. The molecule has 0 fully saturated rings. The van der Waals surface area contributed by atoms with Gasteiger partial charge in [-0.15, -0.1) is 36.2 Å². The van der Waals surface area contributed by atoms with Crippen molar-refractivity contribution in [2.45, 2.75) is 39.2 Å². The van der Waals surface area contributed by atoms with E-state index in [4.69, 9.17) is 0 Å². The Morgan fingerprint density at radius 1 is 1.04 bits per heavy atom. The van der Waals surface area contributed by atoms with E-state index in [0.29, 0.717) is 6.42 Å². The van der Waals surface area contributed by atoms with Gasteiger partial charge in [0, 0.05) is 18.7 Å². The normalized spacial score (nSPS) is 10.2. The van der Waals surface area contributed by atoms with Gasteiger partial charge in [0.2, 0.25) is 5.91 Å². The average molecular weight is 440 g/mol. The molecule has 0 aliphatic rings. The maximum atomic E-state index is 12.2. The Hall–Kier alpha value is -1.66. The second-order valence-corrected chi connectivity index (χ2v) is 7.38. The van der Waals surface area contributed by atoms with Crippen LogP contribution in [-0.4, -0.2) is 17.4 Å². The number of hydrogen-bond acceptors (Lipinski definition) is 4. The molecule has 0 atom stereocenters. The second kappa shape index (κ2) is 12.7. The molecule has 2 aromatic carbocycles. The summed E-state index contributed by atoms with van der Waals surface area (Å²) in [5, 5.41) is 7.51. The van der Waals surface area contributed by atoms with Gasteiger partial charge >= 0.3 is 0 Å². The molecule has 28 heavy (non-hydrogen) atoms. The monoisotopic (exact) mass is 439 g/mol. The van der Waals surface area contributed by atoms with E-state index in [2.05, 4.69) is 28.6 Å². The van der Waals surface area contributed by atoms with Crippen molar-refractivity contribution in [1.29, 1.82) is 0 Å². The summed E-state index contributed by atoms with van der Waals surface area (Å²) in [6.45, 7) is 3.76. The highest BCUT2D eigenvalue weighted by atomic mass is 35.5. The SMILES string of the molecule is CCNCc1ccccc1NC(=O)CCCCc1nc2ccccc2s1.Cl.Cl. The van der Waals surface area contributed by atoms with E-state index in [1.54, 1.807) is 11.3 Å². The van der Waals surface area contributed by atoms with Crippen LogP contribution in [0.2, 0.25) is 0 Å². The second-order valence-electron chi connectivity index (χ2n) is 6.27. The topological polar surface area (TPSA) is 54.0 Å². The number of halogens is 2. The Labute approximate surface area is 183 Å². The van der Waals surface area contributed by atoms with Crippen LogP contribution in [0.25, 0.3) is 10.2 Å². The number of thiazole rings is 1. The van der Waals surface area contributed by atoms with Gasteiger partial charge in [-0.05, 0) is 49.6 Å². The zero-order valence-electron chi connectivity index (χ0n) is 15.9. The van der Waals surface area contributed by atoms with Crippen molar-refractivity contribution < 1.29 is 4.79 Å². The standard InChI is InChI=1S/C21H25N3OS.2ClH/c1-2-22-15-16-9-3-4-10-17(16)23-20(25)13-7-8-14-21-24-18-11-5-6-12-19(18)26-21;;/h3-6,9-12,22H,2,7-8,13-15H2,1H3,(H,23,25);2*1H. The third kappa shape index (κ3) is 7.06. The number of fused-ring (bicyclic) bond motifs is 1.